The molecule has 0 radical (unpaired) electrons. The lowest BCUT2D eigenvalue weighted by Crippen LogP contribution is -2.49. The van der Waals surface area contributed by atoms with Crippen molar-refractivity contribution in [1.29, 1.82) is 0 Å². The van der Waals surface area contributed by atoms with Gasteiger partial charge in [-0.2, -0.15) is 0 Å². The second-order valence-electron chi connectivity index (χ2n) is 7.51. The van der Waals surface area contributed by atoms with Gasteiger partial charge in [0.05, 0.1) is 19.1 Å². The topological polar surface area (TPSA) is 36.0 Å². The number of likely N-dealkylation sites (N-methyl/N-ethyl adjacent to an activating group) is 1. The molecule has 0 spiro atoms. The van der Waals surface area contributed by atoms with E-state index in [1.54, 1.807) is 0 Å². The Morgan fingerprint density at radius 1 is 1.07 bits per heavy atom. The Morgan fingerprint density at radius 2 is 1.82 bits per heavy atom. The number of rotatable bonds is 3. The second kappa shape index (κ2) is 8.52. The number of benzene rings is 2. The molecule has 2 aromatic carbocycles. The summed E-state index contributed by atoms with van der Waals surface area (Å²) in [5.41, 5.74) is 2.02. The van der Waals surface area contributed by atoms with E-state index in [0.29, 0.717) is 24.7 Å². The smallest absolute Gasteiger partial charge is 0.237 e. The normalized spacial score (nSPS) is 20.9. The van der Waals surface area contributed by atoms with Crippen LogP contribution in [-0.4, -0.2) is 73.5 Å². The van der Waals surface area contributed by atoms with Crippen molar-refractivity contribution in [2.24, 2.45) is 0 Å². The lowest BCUT2D eigenvalue weighted by molar-refractivity contribution is -0.134. The van der Waals surface area contributed by atoms with E-state index in [0.717, 1.165) is 43.1 Å². The van der Waals surface area contributed by atoms with Gasteiger partial charge < -0.3 is 14.5 Å². The molecule has 5 nitrogen and oxygen atoms in total. The van der Waals surface area contributed by atoms with Crippen LogP contribution in [-0.2, 0) is 4.79 Å². The SMILES string of the molecule is CN1CCN(CC(=O)N2CCOc3ccc(Cl)cc3C2c2ccccc2)CC1. The van der Waals surface area contributed by atoms with Crippen LogP contribution >= 0.6 is 11.6 Å². The molecule has 1 saturated heterocycles. The zero-order valence-electron chi connectivity index (χ0n) is 16.2. The van der Waals surface area contributed by atoms with E-state index >= 15 is 0 Å². The van der Waals surface area contributed by atoms with E-state index in [4.69, 9.17) is 16.3 Å². The van der Waals surface area contributed by atoms with E-state index in [2.05, 4.69) is 29.0 Å². The van der Waals surface area contributed by atoms with Crippen LogP contribution in [0.5, 0.6) is 5.75 Å². The Morgan fingerprint density at radius 3 is 2.57 bits per heavy atom. The fourth-order valence-corrected chi connectivity index (χ4v) is 4.15. The maximum absolute atomic E-state index is 13.4. The Hall–Kier alpha value is -2.08. The van der Waals surface area contributed by atoms with Gasteiger partial charge in [0.2, 0.25) is 5.91 Å². The summed E-state index contributed by atoms with van der Waals surface area (Å²) in [7, 11) is 2.12. The van der Waals surface area contributed by atoms with Crippen molar-refractivity contribution in [3.8, 4) is 5.75 Å². The highest BCUT2D eigenvalue weighted by Gasteiger charge is 2.32. The van der Waals surface area contributed by atoms with E-state index < -0.39 is 0 Å². The van der Waals surface area contributed by atoms with Crippen LogP contribution < -0.4 is 4.74 Å². The van der Waals surface area contributed by atoms with Gasteiger partial charge in [0.1, 0.15) is 12.4 Å². The molecule has 1 fully saturated rings. The first-order valence-corrected chi connectivity index (χ1v) is 10.2. The number of nitrogens with zero attached hydrogens (tertiary/aromatic N) is 3. The first kappa shape index (κ1) is 19.2. The third-order valence-electron chi connectivity index (χ3n) is 5.56. The highest BCUT2D eigenvalue weighted by atomic mass is 35.5. The molecular weight excluding hydrogens is 374 g/mol. The van der Waals surface area contributed by atoms with Gasteiger partial charge in [-0.3, -0.25) is 9.69 Å². The van der Waals surface area contributed by atoms with E-state index in [9.17, 15) is 4.79 Å². The number of halogens is 1. The molecule has 4 rings (SSSR count). The highest BCUT2D eigenvalue weighted by molar-refractivity contribution is 6.30. The summed E-state index contributed by atoms with van der Waals surface area (Å²) >= 11 is 6.31. The van der Waals surface area contributed by atoms with Crippen LogP contribution in [0.25, 0.3) is 0 Å². The van der Waals surface area contributed by atoms with Gasteiger partial charge in [-0.05, 0) is 30.8 Å². The summed E-state index contributed by atoms with van der Waals surface area (Å²) in [6, 6.07) is 15.6. The van der Waals surface area contributed by atoms with Crippen LogP contribution in [0, 0.1) is 0 Å². The van der Waals surface area contributed by atoms with Crippen molar-refractivity contribution >= 4 is 17.5 Å². The average Bonchev–Trinajstić information content (AvgIpc) is 2.89. The van der Waals surface area contributed by atoms with Crippen LogP contribution in [0.2, 0.25) is 5.02 Å². The molecule has 2 aliphatic rings. The number of amides is 1. The summed E-state index contributed by atoms with van der Waals surface area (Å²) in [4.78, 5) is 19.9. The zero-order chi connectivity index (χ0) is 19.5. The number of hydrogen-bond acceptors (Lipinski definition) is 4. The quantitative estimate of drug-likeness (QED) is 0.795. The Bertz CT molecular complexity index is 822. The molecule has 1 amide bonds. The van der Waals surface area contributed by atoms with Crippen molar-refractivity contribution < 1.29 is 9.53 Å². The Labute approximate surface area is 171 Å². The number of carbonyl (C=O) groups excluding carboxylic acids is 1. The molecule has 148 valence electrons. The predicted molar refractivity (Wildman–Crippen MR) is 111 cm³/mol. The molecule has 28 heavy (non-hydrogen) atoms. The fourth-order valence-electron chi connectivity index (χ4n) is 3.97. The molecule has 0 aliphatic carbocycles. The highest BCUT2D eigenvalue weighted by Crippen LogP contribution is 2.38. The van der Waals surface area contributed by atoms with Crippen LogP contribution in [0.1, 0.15) is 17.2 Å². The Balaban J connectivity index is 1.65. The first-order valence-electron chi connectivity index (χ1n) is 9.79. The lowest BCUT2D eigenvalue weighted by atomic mass is 9.96. The lowest BCUT2D eigenvalue weighted by Gasteiger charge is -2.35. The van der Waals surface area contributed by atoms with Gasteiger partial charge in [0.15, 0.2) is 0 Å². The van der Waals surface area contributed by atoms with Crippen molar-refractivity contribution in [2.45, 2.75) is 6.04 Å². The fraction of sp³-hybridized carbons (Fsp3) is 0.409. The van der Waals surface area contributed by atoms with Crippen molar-refractivity contribution in [3.63, 3.8) is 0 Å². The second-order valence-corrected chi connectivity index (χ2v) is 7.95. The zero-order valence-corrected chi connectivity index (χ0v) is 16.9. The Kier molecular flexibility index (Phi) is 5.85. The number of fused-ring (bicyclic) bond motifs is 1. The van der Waals surface area contributed by atoms with Gasteiger partial charge in [-0.1, -0.05) is 41.9 Å². The third-order valence-corrected chi connectivity index (χ3v) is 5.79. The summed E-state index contributed by atoms with van der Waals surface area (Å²) in [6.45, 7) is 5.31. The number of ether oxygens (including phenoxy) is 1. The summed E-state index contributed by atoms with van der Waals surface area (Å²) < 4.78 is 5.97. The standard InChI is InChI=1S/C22H26ClN3O2/c1-24-9-11-25(12-10-24)16-21(27)26-13-14-28-20-8-7-18(23)15-19(20)22(26)17-5-3-2-4-6-17/h2-8,15,22H,9-14,16H2,1H3. The van der Waals surface area contributed by atoms with Crippen LogP contribution in [0.4, 0.5) is 0 Å². The maximum Gasteiger partial charge on any atom is 0.237 e. The van der Waals surface area contributed by atoms with Gasteiger partial charge in [-0.15, -0.1) is 0 Å². The van der Waals surface area contributed by atoms with Crippen LogP contribution in [0.15, 0.2) is 48.5 Å². The molecule has 2 aliphatic heterocycles. The molecule has 0 bridgehead atoms. The molecule has 0 saturated carbocycles. The number of carbonyl (C=O) groups is 1. The largest absolute Gasteiger partial charge is 0.491 e. The molecule has 0 aromatic heterocycles. The monoisotopic (exact) mass is 399 g/mol. The minimum absolute atomic E-state index is 0.134. The maximum atomic E-state index is 13.4. The molecule has 1 atom stereocenters. The molecule has 2 heterocycles. The van der Waals surface area contributed by atoms with Gasteiger partial charge >= 0.3 is 0 Å². The number of piperazine rings is 1. The molecule has 0 N–H and O–H groups in total. The minimum atomic E-state index is -0.197. The first-order chi connectivity index (χ1) is 13.6. The van der Waals surface area contributed by atoms with Crippen molar-refractivity contribution in [2.75, 3.05) is 52.9 Å². The minimum Gasteiger partial charge on any atom is -0.491 e. The van der Waals surface area contributed by atoms with E-state index in [1.807, 2.05) is 41.3 Å². The van der Waals surface area contributed by atoms with E-state index in [-0.39, 0.29) is 11.9 Å². The summed E-state index contributed by atoms with van der Waals surface area (Å²) in [5, 5.41) is 0.650. The van der Waals surface area contributed by atoms with Crippen LogP contribution in [0.3, 0.4) is 0 Å². The molecule has 1 unspecified atom stereocenters. The number of hydrogen-bond donors (Lipinski definition) is 0. The predicted octanol–water partition coefficient (Wildman–Crippen LogP) is 2.90. The van der Waals surface area contributed by atoms with Gasteiger partial charge in [-0.25, -0.2) is 0 Å². The third kappa shape index (κ3) is 4.17. The molecule has 6 heteroatoms. The summed E-state index contributed by atoms with van der Waals surface area (Å²) in [6.07, 6.45) is 0. The van der Waals surface area contributed by atoms with Crippen molar-refractivity contribution in [1.82, 2.24) is 14.7 Å². The molecular formula is C22H26ClN3O2. The molecule has 2 aromatic rings. The van der Waals surface area contributed by atoms with E-state index in [1.165, 1.54) is 0 Å². The van der Waals surface area contributed by atoms with Crippen molar-refractivity contribution in [3.05, 3.63) is 64.7 Å². The van der Waals surface area contributed by atoms with Gasteiger partial charge in [0, 0.05) is 36.8 Å². The average molecular weight is 400 g/mol. The van der Waals surface area contributed by atoms with Gasteiger partial charge in [0.25, 0.3) is 0 Å². The summed E-state index contributed by atoms with van der Waals surface area (Å²) in [5.74, 6) is 0.933.